The van der Waals surface area contributed by atoms with Crippen LogP contribution in [0.4, 0.5) is 0 Å². The fourth-order valence-electron chi connectivity index (χ4n) is 5.69. The molecule has 7 nitrogen and oxygen atoms in total. The van der Waals surface area contributed by atoms with E-state index in [9.17, 15) is 9.90 Å². The number of benzene rings is 2. The van der Waals surface area contributed by atoms with Gasteiger partial charge in [-0.25, -0.2) is 0 Å². The summed E-state index contributed by atoms with van der Waals surface area (Å²) in [4.78, 5) is 15.5. The molecule has 2 fully saturated rings. The average molecular weight is 482 g/mol. The van der Waals surface area contributed by atoms with E-state index in [1.165, 1.54) is 0 Å². The number of para-hydroxylation sites is 1. The molecule has 1 saturated carbocycles. The number of methoxy groups -OCH3 is 4. The Morgan fingerprint density at radius 2 is 1.66 bits per heavy atom. The van der Waals surface area contributed by atoms with E-state index in [0.29, 0.717) is 30.2 Å². The Hall–Kier alpha value is -3.19. The second kappa shape index (κ2) is 10.6. The van der Waals surface area contributed by atoms with Crippen molar-refractivity contribution in [2.24, 2.45) is 5.92 Å². The molecule has 0 spiro atoms. The second-order valence-corrected chi connectivity index (χ2v) is 9.22. The molecule has 2 aromatic carbocycles. The van der Waals surface area contributed by atoms with Crippen molar-refractivity contribution < 1.29 is 28.8 Å². The molecule has 4 rings (SSSR count). The summed E-state index contributed by atoms with van der Waals surface area (Å²) in [5.74, 6) is 2.13. The van der Waals surface area contributed by atoms with Crippen LogP contribution in [0.2, 0.25) is 0 Å². The second-order valence-electron chi connectivity index (χ2n) is 9.22. The molecule has 2 aromatic rings. The van der Waals surface area contributed by atoms with Gasteiger partial charge < -0.3 is 29.0 Å². The van der Waals surface area contributed by atoms with Crippen molar-refractivity contribution in [3.05, 3.63) is 53.6 Å². The van der Waals surface area contributed by atoms with E-state index in [1.807, 2.05) is 29.2 Å². The fraction of sp³-hybridized carbons (Fsp3) is 0.464. The lowest BCUT2D eigenvalue weighted by atomic mass is 9.66. The normalized spacial score (nSPS) is 24.1. The van der Waals surface area contributed by atoms with E-state index in [2.05, 4.69) is 0 Å². The first kappa shape index (κ1) is 24.9. The van der Waals surface area contributed by atoms with E-state index in [-0.39, 0.29) is 17.9 Å². The number of amides is 1. The van der Waals surface area contributed by atoms with Gasteiger partial charge in [-0.3, -0.25) is 4.79 Å². The molecule has 0 bridgehead atoms. The third kappa shape index (κ3) is 4.82. The fourth-order valence-corrected chi connectivity index (χ4v) is 5.69. The molecule has 3 atom stereocenters. The van der Waals surface area contributed by atoms with Crippen molar-refractivity contribution in [2.45, 2.75) is 43.7 Å². The topological polar surface area (TPSA) is 77.5 Å². The Morgan fingerprint density at radius 1 is 0.971 bits per heavy atom. The Morgan fingerprint density at radius 3 is 2.31 bits per heavy atom. The summed E-state index contributed by atoms with van der Waals surface area (Å²) >= 11 is 0. The number of nitrogens with zero attached hydrogens (tertiary/aromatic N) is 1. The van der Waals surface area contributed by atoms with Gasteiger partial charge in [0.25, 0.3) is 0 Å². The number of likely N-dealkylation sites (tertiary alicyclic amines) is 1. The van der Waals surface area contributed by atoms with E-state index in [0.717, 1.165) is 42.6 Å². The van der Waals surface area contributed by atoms with Crippen LogP contribution in [-0.4, -0.2) is 56.5 Å². The number of hydrogen-bond donors (Lipinski definition) is 1. The van der Waals surface area contributed by atoms with Crippen LogP contribution in [0.3, 0.4) is 0 Å². The lowest BCUT2D eigenvalue weighted by Gasteiger charge is -2.52. The molecule has 1 N–H and O–H groups in total. The zero-order valence-electron chi connectivity index (χ0n) is 21.0. The summed E-state index contributed by atoms with van der Waals surface area (Å²) in [5.41, 5.74) is 0.934. The highest BCUT2D eigenvalue weighted by atomic mass is 16.5. The van der Waals surface area contributed by atoms with Crippen LogP contribution >= 0.6 is 0 Å². The summed E-state index contributed by atoms with van der Waals surface area (Å²) in [6.07, 6.45) is 7.62. The molecule has 1 heterocycles. The van der Waals surface area contributed by atoms with Gasteiger partial charge in [0.2, 0.25) is 11.7 Å². The first-order valence-corrected chi connectivity index (χ1v) is 12.1. The third-order valence-corrected chi connectivity index (χ3v) is 7.41. The minimum Gasteiger partial charge on any atom is -0.496 e. The van der Waals surface area contributed by atoms with Crippen molar-refractivity contribution >= 4 is 12.0 Å². The van der Waals surface area contributed by atoms with Crippen LogP contribution in [0.5, 0.6) is 23.0 Å². The molecule has 0 aromatic heterocycles. The first-order chi connectivity index (χ1) is 17.0. The number of ether oxygens (including phenoxy) is 4. The summed E-state index contributed by atoms with van der Waals surface area (Å²) in [5, 5.41) is 11.5. The van der Waals surface area contributed by atoms with E-state index < -0.39 is 5.60 Å². The van der Waals surface area contributed by atoms with Crippen LogP contribution < -0.4 is 18.9 Å². The Balaban J connectivity index is 1.68. The van der Waals surface area contributed by atoms with E-state index in [1.54, 1.807) is 52.7 Å². The smallest absolute Gasteiger partial charge is 0.247 e. The van der Waals surface area contributed by atoms with Gasteiger partial charge in [-0.05, 0) is 49.1 Å². The van der Waals surface area contributed by atoms with Gasteiger partial charge in [0.1, 0.15) is 5.75 Å². The van der Waals surface area contributed by atoms with E-state index in [4.69, 9.17) is 18.9 Å². The average Bonchev–Trinajstić information content (AvgIpc) is 2.89. The van der Waals surface area contributed by atoms with Gasteiger partial charge in [0.05, 0.1) is 40.1 Å². The minimum absolute atomic E-state index is 0.0418. The van der Waals surface area contributed by atoms with Crippen molar-refractivity contribution in [3.63, 3.8) is 0 Å². The zero-order valence-corrected chi connectivity index (χ0v) is 21.0. The molecule has 1 aliphatic heterocycles. The molecule has 2 unspecified atom stereocenters. The predicted molar refractivity (Wildman–Crippen MR) is 134 cm³/mol. The van der Waals surface area contributed by atoms with Crippen molar-refractivity contribution in [3.8, 4) is 23.0 Å². The quantitative estimate of drug-likeness (QED) is 0.581. The largest absolute Gasteiger partial charge is 0.496 e. The molecule has 1 aliphatic carbocycles. The number of piperidine rings is 1. The molecular weight excluding hydrogens is 446 g/mol. The van der Waals surface area contributed by atoms with Crippen LogP contribution in [0, 0.1) is 5.92 Å². The standard InChI is InChI=1S/C28H35NO6/c1-32-22-11-6-5-9-20(22)26-21-10-7-8-14-28(21,31)15-16-29(26)25(30)13-12-19-17-23(33-2)27(35-4)24(18-19)34-3/h5-6,9,11-13,17-18,21,26,31H,7-8,10,14-16H2,1-4H3/b13-12+/t21?,26-,28?/m0/s1. The summed E-state index contributed by atoms with van der Waals surface area (Å²) < 4.78 is 21.9. The summed E-state index contributed by atoms with van der Waals surface area (Å²) in [6.45, 7) is 0.480. The Bertz CT molecular complexity index is 1060. The summed E-state index contributed by atoms with van der Waals surface area (Å²) in [6, 6.07) is 11.2. The maximum absolute atomic E-state index is 13.6. The van der Waals surface area contributed by atoms with Crippen molar-refractivity contribution in [2.75, 3.05) is 35.0 Å². The number of rotatable bonds is 7. The molecule has 35 heavy (non-hydrogen) atoms. The highest BCUT2D eigenvalue weighted by Crippen LogP contribution is 2.51. The number of carbonyl (C=O) groups excluding carboxylic acids is 1. The van der Waals surface area contributed by atoms with Gasteiger partial charge in [0.15, 0.2) is 11.5 Å². The lowest BCUT2D eigenvalue weighted by molar-refractivity contribution is -0.151. The van der Waals surface area contributed by atoms with Crippen LogP contribution in [0.1, 0.15) is 49.3 Å². The molecule has 0 radical (unpaired) electrons. The summed E-state index contributed by atoms with van der Waals surface area (Å²) in [7, 11) is 6.32. The molecule has 188 valence electrons. The SMILES string of the molecule is COc1ccccc1[C@H]1C2CCCCC2(O)CCN1C(=O)/C=C/c1cc(OC)c(OC)c(OC)c1. The minimum atomic E-state index is -0.763. The van der Waals surface area contributed by atoms with Gasteiger partial charge in [0, 0.05) is 24.1 Å². The molecule has 2 aliphatic rings. The maximum Gasteiger partial charge on any atom is 0.247 e. The Labute approximate surface area is 207 Å². The third-order valence-electron chi connectivity index (χ3n) is 7.41. The first-order valence-electron chi connectivity index (χ1n) is 12.1. The number of fused-ring (bicyclic) bond motifs is 1. The van der Waals surface area contributed by atoms with Gasteiger partial charge >= 0.3 is 0 Å². The predicted octanol–water partition coefficient (Wildman–Crippen LogP) is 4.63. The molecular formula is C28H35NO6. The van der Waals surface area contributed by atoms with Gasteiger partial charge in [-0.1, -0.05) is 31.0 Å². The molecule has 1 amide bonds. The van der Waals surface area contributed by atoms with Crippen molar-refractivity contribution in [1.82, 2.24) is 4.90 Å². The number of hydrogen-bond acceptors (Lipinski definition) is 6. The lowest BCUT2D eigenvalue weighted by Crippen LogP contribution is -2.56. The highest BCUT2D eigenvalue weighted by molar-refractivity contribution is 5.92. The van der Waals surface area contributed by atoms with Gasteiger partial charge in [-0.2, -0.15) is 0 Å². The highest BCUT2D eigenvalue weighted by Gasteiger charge is 2.50. The van der Waals surface area contributed by atoms with Gasteiger partial charge in [-0.15, -0.1) is 0 Å². The monoisotopic (exact) mass is 481 g/mol. The van der Waals surface area contributed by atoms with Crippen LogP contribution in [0.15, 0.2) is 42.5 Å². The Kier molecular flexibility index (Phi) is 7.55. The molecule has 7 heteroatoms. The molecule has 1 saturated heterocycles. The van der Waals surface area contributed by atoms with Crippen LogP contribution in [-0.2, 0) is 4.79 Å². The van der Waals surface area contributed by atoms with Crippen molar-refractivity contribution in [1.29, 1.82) is 0 Å². The van der Waals surface area contributed by atoms with Crippen LogP contribution in [0.25, 0.3) is 6.08 Å². The zero-order chi connectivity index (χ0) is 25.0. The number of carbonyl (C=O) groups is 1. The number of aliphatic hydroxyl groups is 1. The van der Waals surface area contributed by atoms with E-state index >= 15 is 0 Å². The maximum atomic E-state index is 13.6.